The van der Waals surface area contributed by atoms with Crippen LogP contribution in [0.15, 0.2) is 12.1 Å². The average molecular weight is 295 g/mol. The Morgan fingerprint density at radius 1 is 1.14 bits per heavy atom. The van der Waals surface area contributed by atoms with Crippen LogP contribution in [0.5, 0.6) is 5.75 Å². The van der Waals surface area contributed by atoms with Gasteiger partial charge in [-0.1, -0.05) is 12.1 Å². The fourth-order valence-corrected chi connectivity index (χ4v) is 2.16. The van der Waals surface area contributed by atoms with E-state index < -0.39 is 6.10 Å². The van der Waals surface area contributed by atoms with Crippen molar-refractivity contribution in [2.24, 2.45) is 0 Å². The van der Waals surface area contributed by atoms with Crippen molar-refractivity contribution in [1.29, 1.82) is 0 Å². The number of aliphatic hydroxyl groups excluding tert-OH is 1. The van der Waals surface area contributed by atoms with E-state index in [1.165, 1.54) is 5.56 Å². The van der Waals surface area contributed by atoms with Gasteiger partial charge in [-0.2, -0.15) is 0 Å². The van der Waals surface area contributed by atoms with Crippen molar-refractivity contribution in [3.8, 4) is 5.75 Å². The SMILES string of the molecule is COCC(O)COc1c(C)cc(CNC(C)(C)C)cc1C. The molecular weight excluding hydrogens is 266 g/mol. The van der Waals surface area contributed by atoms with Gasteiger partial charge in [0.25, 0.3) is 0 Å². The third kappa shape index (κ3) is 6.46. The molecule has 0 radical (unpaired) electrons. The maximum atomic E-state index is 9.66. The van der Waals surface area contributed by atoms with Gasteiger partial charge in [-0.05, 0) is 51.3 Å². The molecule has 0 aliphatic heterocycles. The van der Waals surface area contributed by atoms with E-state index in [9.17, 15) is 5.11 Å². The van der Waals surface area contributed by atoms with Crippen LogP contribution in [0.4, 0.5) is 0 Å². The maximum Gasteiger partial charge on any atom is 0.125 e. The molecule has 0 bridgehead atoms. The monoisotopic (exact) mass is 295 g/mol. The molecule has 0 fully saturated rings. The van der Waals surface area contributed by atoms with E-state index in [0.29, 0.717) is 0 Å². The highest BCUT2D eigenvalue weighted by atomic mass is 16.5. The van der Waals surface area contributed by atoms with Crippen molar-refractivity contribution >= 4 is 0 Å². The Kier molecular flexibility index (Phi) is 6.65. The summed E-state index contributed by atoms with van der Waals surface area (Å²) in [7, 11) is 1.57. The second-order valence-corrected chi connectivity index (χ2v) is 6.58. The van der Waals surface area contributed by atoms with Crippen molar-refractivity contribution in [3.05, 3.63) is 28.8 Å². The van der Waals surface area contributed by atoms with Gasteiger partial charge in [0.1, 0.15) is 18.5 Å². The maximum absolute atomic E-state index is 9.66. The molecule has 4 nitrogen and oxygen atoms in total. The van der Waals surface area contributed by atoms with Crippen molar-refractivity contribution in [3.63, 3.8) is 0 Å². The standard InChI is InChI=1S/C17H29NO3/c1-12-7-14(9-18-17(3,4)5)8-13(2)16(12)21-11-15(19)10-20-6/h7-8,15,18-19H,9-11H2,1-6H3. The summed E-state index contributed by atoms with van der Waals surface area (Å²) in [6.07, 6.45) is -0.601. The molecule has 0 aromatic heterocycles. The smallest absolute Gasteiger partial charge is 0.125 e. The molecule has 0 heterocycles. The summed E-state index contributed by atoms with van der Waals surface area (Å²) >= 11 is 0. The van der Waals surface area contributed by atoms with Crippen LogP contribution < -0.4 is 10.1 Å². The first kappa shape index (κ1) is 18.0. The Bertz CT molecular complexity index is 429. The van der Waals surface area contributed by atoms with Crippen LogP contribution in [0.25, 0.3) is 0 Å². The first-order chi connectivity index (χ1) is 9.73. The van der Waals surface area contributed by atoms with E-state index in [1.807, 2.05) is 13.8 Å². The van der Waals surface area contributed by atoms with E-state index in [-0.39, 0.29) is 18.8 Å². The molecule has 1 aromatic rings. The molecule has 0 saturated carbocycles. The summed E-state index contributed by atoms with van der Waals surface area (Å²) in [5.41, 5.74) is 3.52. The molecule has 1 atom stereocenters. The van der Waals surface area contributed by atoms with Gasteiger partial charge in [-0.3, -0.25) is 0 Å². The average Bonchev–Trinajstić information content (AvgIpc) is 2.35. The van der Waals surface area contributed by atoms with Crippen LogP contribution in [-0.2, 0) is 11.3 Å². The van der Waals surface area contributed by atoms with Crippen molar-refractivity contribution in [2.45, 2.75) is 52.8 Å². The van der Waals surface area contributed by atoms with E-state index >= 15 is 0 Å². The number of hydrogen-bond donors (Lipinski definition) is 2. The van der Waals surface area contributed by atoms with Gasteiger partial charge in [0.2, 0.25) is 0 Å². The Hall–Kier alpha value is -1.10. The second-order valence-electron chi connectivity index (χ2n) is 6.58. The highest BCUT2D eigenvalue weighted by Crippen LogP contribution is 2.25. The number of hydrogen-bond acceptors (Lipinski definition) is 4. The lowest BCUT2D eigenvalue weighted by molar-refractivity contribution is 0.0322. The highest BCUT2D eigenvalue weighted by molar-refractivity contribution is 5.43. The quantitative estimate of drug-likeness (QED) is 0.812. The third-order valence-corrected chi connectivity index (χ3v) is 3.12. The van der Waals surface area contributed by atoms with E-state index in [0.717, 1.165) is 23.4 Å². The predicted molar refractivity (Wildman–Crippen MR) is 85.9 cm³/mol. The number of nitrogens with one attached hydrogen (secondary N) is 1. The lowest BCUT2D eigenvalue weighted by Crippen LogP contribution is -2.35. The molecule has 0 aliphatic rings. The number of aryl methyl sites for hydroxylation is 2. The third-order valence-electron chi connectivity index (χ3n) is 3.12. The molecule has 0 aliphatic carbocycles. The van der Waals surface area contributed by atoms with E-state index in [4.69, 9.17) is 9.47 Å². The summed E-state index contributed by atoms with van der Waals surface area (Å²) in [4.78, 5) is 0. The van der Waals surface area contributed by atoms with E-state index in [2.05, 4.69) is 38.2 Å². The molecular formula is C17H29NO3. The van der Waals surface area contributed by atoms with Crippen LogP contribution >= 0.6 is 0 Å². The molecule has 21 heavy (non-hydrogen) atoms. The Labute approximate surface area is 128 Å². The molecule has 1 aromatic carbocycles. The minimum absolute atomic E-state index is 0.0985. The Morgan fingerprint density at radius 2 is 1.71 bits per heavy atom. The van der Waals surface area contributed by atoms with Crippen molar-refractivity contribution in [2.75, 3.05) is 20.3 Å². The van der Waals surface area contributed by atoms with Gasteiger partial charge in [-0.25, -0.2) is 0 Å². The minimum atomic E-state index is -0.601. The van der Waals surface area contributed by atoms with Gasteiger partial charge in [-0.15, -0.1) is 0 Å². The summed E-state index contributed by atoms with van der Waals surface area (Å²) in [6.45, 7) is 11.9. The van der Waals surface area contributed by atoms with Gasteiger partial charge in [0.05, 0.1) is 6.61 Å². The zero-order chi connectivity index (χ0) is 16.0. The lowest BCUT2D eigenvalue weighted by atomic mass is 10.0. The van der Waals surface area contributed by atoms with Gasteiger partial charge >= 0.3 is 0 Å². The zero-order valence-corrected chi connectivity index (χ0v) is 14.1. The fraction of sp³-hybridized carbons (Fsp3) is 0.647. The predicted octanol–water partition coefficient (Wildman–Crippen LogP) is 2.58. The van der Waals surface area contributed by atoms with Crippen LogP contribution in [0, 0.1) is 13.8 Å². The zero-order valence-electron chi connectivity index (χ0n) is 14.1. The largest absolute Gasteiger partial charge is 0.490 e. The minimum Gasteiger partial charge on any atom is -0.490 e. The molecule has 0 spiro atoms. The molecule has 1 rings (SSSR count). The van der Waals surface area contributed by atoms with Crippen LogP contribution in [0.3, 0.4) is 0 Å². The fourth-order valence-electron chi connectivity index (χ4n) is 2.16. The lowest BCUT2D eigenvalue weighted by Gasteiger charge is -2.22. The Balaban J connectivity index is 2.71. The number of ether oxygens (including phenoxy) is 2. The van der Waals surface area contributed by atoms with Crippen LogP contribution in [-0.4, -0.2) is 37.1 Å². The van der Waals surface area contributed by atoms with Gasteiger partial charge in [0, 0.05) is 19.2 Å². The first-order valence-corrected chi connectivity index (χ1v) is 7.38. The summed E-state index contributed by atoms with van der Waals surface area (Å²) < 4.78 is 10.6. The first-order valence-electron chi connectivity index (χ1n) is 7.38. The highest BCUT2D eigenvalue weighted by Gasteiger charge is 2.12. The number of aliphatic hydroxyl groups is 1. The number of rotatable bonds is 7. The van der Waals surface area contributed by atoms with Crippen LogP contribution in [0.1, 0.15) is 37.5 Å². The Morgan fingerprint density at radius 3 is 2.19 bits per heavy atom. The normalized spacial score (nSPS) is 13.3. The summed E-state index contributed by atoms with van der Waals surface area (Å²) in [6, 6.07) is 4.26. The topological polar surface area (TPSA) is 50.7 Å². The van der Waals surface area contributed by atoms with Crippen LogP contribution in [0.2, 0.25) is 0 Å². The molecule has 1 unspecified atom stereocenters. The van der Waals surface area contributed by atoms with Gasteiger partial charge in [0.15, 0.2) is 0 Å². The number of methoxy groups -OCH3 is 1. The van der Waals surface area contributed by atoms with Crippen molar-refractivity contribution in [1.82, 2.24) is 5.32 Å². The summed E-state index contributed by atoms with van der Waals surface area (Å²) in [5, 5.41) is 13.1. The second kappa shape index (κ2) is 7.78. The summed E-state index contributed by atoms with van der Waals surface area (Å²) in [5.74, 6) is 0.852. The molecule has 0 amide bonds. The molecule has 0 saturated heterocycles. The molecule has 4 heteroatoms. The van der Waals surface area contributed by atoms with Gasteiger partial charge < -0.3 is 19.9 Å². The molecule has 120 valence electrons. The molecule has 2 N–H and O–H groups in total. The van der Waals surface area contributed by atoms with E-state index in [1.54, 1.807) is 7.11 Å². The number of benzene rings is 1. The van der Waals surface area contributed by atoms with Crippen molar-refractivity contribution < 1.29 is 14.6 Å².